The van der Waals surface area contributed by atoms with Crippen LogP contribution in [-0.2, 0) is 32.6 Å². The monoisotopic (exact) mass is 597 g/mol. The van der Waals surface area contributed by atoms with Crippen molar-refractivity contribution in [1.82, 2.24) is 10.2 Å². The zero-order chi connectivity index (χ0) is 30.3. The zero-order valence-corrected chi connectivity index (χ0v) is 24.8. The van der Waals surface area contributed by atoms with E-state index in [9.17, 15) is 22.4 Å². The van der Waals surface area contributed by atoms with Gasteiger partial charge in [-0.05, 0) is 37.1 Å². The van der Waals surface area contributed by atoms with Crippen LogP contribution in [0.1, 0.15) is 31.4 Å². The van der Waals surface area contributed by atoms with E-state index in [1.165, 1.54) is 35.2 Å². The molecule has 11 heteroatoms. The molecule has 42 heavy (non-hydrogen) atoms. The Morgan fingerprint density at radius 1 is 0.976 bits per heavy atom. The third kappa shape index (κ3) is 7.79. The van der Waals surface area contributed by atoms with Crippen LogP contribution < -0.4 is 19.1 Å². The molecule has 0 spiro atoms. The molecule has 2 atom stereocenters. The van der Waals surface area contributed by atoms with Gasteiger partial charge in [-0.15, -0.1) is 0 Å². The predicted molar refractivity (Wildman–Crippen MR) is 158 cm³/mol. The average Bonchev–Trinajstić information content (AvgIpc) is 2.98. The second-order valence-corrected chi connectivity index (χ2v) is 12.1. The minimum Gasteiger partial charge on any atom is -0.486 e. The quantitative estimate of drug-likeness (QED) is 0.340. The number of fused-ring (bicyclic) bond motifs is 1. The van der Waals surface area contributed by atoms with Crippen molar-refractivity contribution in [3.63, 3.8) is 0 Å². The largest absolute Gasteiger partial charge is 0.486 e. The summed E-state index contributed by atoms with van der Waals surface area (Å²) >= 11 is 0. The molecule has 1 N–H and O–H groups in total. The Bertz CT molecular complexity index is 1500. The first-order chi connectivity index (χ1) is 20.1. The van der Waals surface area contributed by atoms with Gasteiger partial charge in [-0.25, -0.2) is 12.8 Å². The standard InChI is InChI=1S/C31H36FN3O6S/c1-4-22(2)33-31(37)27(18-23-10-6-5-7-11-23)34(20-24-12-8-9-13-26(24)32)30(36)21-35(42(3,38)39)25-14-15-28-29(19-25)41-17-16-40-28/h5-15,19,22,27H,4,16-18,20-21H2,1-3H3,(H,33,37)/t22-,27+/m0/s1. The molecule has 2 amide bonds. The van der Waals surface area contributed by atoms with E-state index in [2.05, 4.69) is 5.32 Å². The van der Waals surface area contributed by atoms with Gasteiger partial charge in [-0.2, -0.15) is 0 Å². The van der Waals surface area contributed by atoms with E-state index in [1.807, 2.05) is 44.2 Å². The van der Waals surface area contributed by atoms with Crippen LogP contribution >= 0.6 is 0 Å². The zero-order valence-electron chi connectivity index (χ0n) is 24.0. The molecule has 0 unspecified atom stereocenters. The lowest BCUT2D eigenvalue weighted by Crippen LogP contribution is -2.54. The molecule has 224 valence electrons. The van der Waals surface area contributed by atoms with Crippen molar-refractivity contribution in [3.8, 4) is 11.5 Å². The number of carbonyl (C=O) groups is 2. The Balaban J connectivity index is 1.74. The van der Waals surface area contributed by atoms with Gasteiger partial charge in [-0.3, -0.25) is 13.9 Å². The van der Waals surface area contributed by atoms with Crippen molar-refractivity contribution in [1.29, 1.82) is 0 Å². The van der Waals surface area contributed by atoms with E-state index >= 15 is 0 Å². The van der Waals surface area contributed by atoms with E-state index in [1.54, 1.807) is 12.1 Å². The highest BCUT2D eigenvalue weighted by atomic mass is 32.2. The normalized spacial score (nSPS) is 14.0. The third-order valence-electron chi connectivity index (χ3n) is 7.06. The van der Waals surface area contributed by atoms with Gasteiger partial charge in [0.15, 0.2) is 11.5 Å². The summed E-state index contributed by atoms with van der Waals surface area (Å²) in [5.74, 6) is -0.793. The number of benzene rings is 3. The molecule has 0 fully saturated rings. The summed E-state index contributed by atoms with van der Waals surface area (Å²) in [6, 6.07) is 18.6. The third-order valence-corrected chi connectivity index (χ3v) is 8.20. The van der Waals surface area contributed by atoms with Crippen LogP contribution in [0.5, 0.6) is 11.5 Å². The van der Waals surface area contributed by atoms with E-state index in [0.717, 1.165) is 16.1 Å². The minimum absolute atomic E-state index is 0.145. The van der Waals surface area contributed by atoms with Crippen molar-refractivity contribution < 1.29 is 31.9 Å². The lowest BCUT2D eigenvalue weighted by Gasteiger charge is -2.34. The smallest absolute Gasteiger partial charge is 0.244 e. The molecule has 0 radical (unpaired) electrons. The minimum atomic E-state index is -3.97. The van der Waals surface area contributed by atoms with Crippen LogP contribution in [0.3, 0.4) is 0 Å². The number of anilines is 1. The molecule has 3 aromatic rings. The Morgan fingerprint density at radius 2 is 1.64 bits per heavy atom. The number of carbonyl (C=O) groups excluding carboxylic acids is 2. The number of amides is 2. The second kappa shape index (κ2) is 13.7. The number of ether oxygens (including phenoxy) is 2. The molecule has 0 aliphatic carbocycles. The number of halogens is 1. The SMILES string of the molecule is CC[C@H](C)NC(=O)[C@@H](Cc1ccccc1)N(Cc1ccccc1F)C(=O)CN(c1ccc2c(c1)OCCO2)S(C)(=O)=O. The number of nitrogens with zero attached hydrogens (tertiary/aromatic N) is 2. The first-order valence-electron chi connectivity index (χ1n) is 13.8. The van der Waals surface area contributed by atoms with Crippen molar-refractivity contribution >= 4 is 27.5 Å². The van der Waals surface area contributed by atoms with Gasteiger partial charge >= 0.3 is 0 Å². The fourth-order valence-electron chi connectivity index (χ4n) is 4.61. The Kier molecular flexibility index (Phi) is 10.1. The van der Waals surface area contributed by atoms with Gasteiger partial charge in [0.25, 0.3) is 0 Å². The van der Waals surface area contributed by atoms with Crippen LogP contribution in [-0.4, -0.2) is 63.2 Å². The lowest BCUT2D eigenvalue weighted by molar-refractivity contribution is -0.140. The Hall–Kier alpha value is -4.12. The number of hydrogen-bond donors (Lipinski definition) is 1. The molecule has 0 bridgehead atoms. The summed E-state index contributed by atoms with van der Waals surface area (Å²) in [5, 5.41) is 2.95. The molecular formula is C31H36FN3O6S. The average molecular weight is 598 g/mol. The molecular weight excluding hydrogens is 561 g/mol. The summed E-state index contributed by atoms with van der Waals surface area (Å²) in [6.07, 6.45) is 1.80. The second-order valence-electron chi connectivity index (χ2n) is 10.2. The van der Waals surface area contributed by atoms with Crippen LogP contribution in [0.2, 0.25) is 0 Å². The van der Waals surface area contributed by atoms with Crippen LogP contribution in [0, 0.1) is 5.82 Å². The summed E-state index contributed by atoms with van der Waals surface area (Å²) in [5.41, 5.74) is 1.19. The van der Waals surface area contributed by atoms with E-state index in [0.29, 0.717) is 31.1 Å². The summed E-state index contributed by atoms with van der Waals surface area (Å²) < 4.78 is 53.0. The molecule has 0 aromatic heterocycles. The van der Waals surface area contributed by atoms with Gasteiger partial charge < -0.3 is 19.7 Å². The number of rotatable bonds is 12. The highest BCUT2D eigenvalue weighted by molar-refractivity contribution is 7.92. The molecule has 1 aliphatic rings. The molecule has 4 rings (SSSR count). The van der Waals surface area contributed by atoms with E-state index < -0.39 is 40.2 Å². The molecule has 1 aliphatic heterocycles. The Morgan fingerprint density at radius 3 is 2.31 bits per heavy atom. The lowest BCUT2D eigenvalue weighted by atomic mass is 10.0. The fraction of sp³-hybridized carbons (Fsp3) is 0.355. The highest BCUT2D eigenvalue weighted by Crippen LogP contribution is 2.35. The van der Waals surface area contributed by atoms with Gasteiger partial charge in [-0.1, -0.05) is 55.5 Å². The van der Waals surface area contributed by atoms with Crippen LogP contribution in [0.15, 0.2) is 72.8 Å². The maximum absolute atomic E-state index is 14.9. The molecule has 0 saturated heterocycles. The van der Waals surface area contributed by atoms with Gasteiger partial charge in [0.1, 0.15) is 31.6 Å². The number of hydrogen-bond acceptors (Lipinski definition) is 6. The van der Waals surface area contributed by atoms with E-state index in [4.69, 9.17) is 9.47 Å². The fourth-order valence-corrected chi connectivity index (χ4v) is 5.45. The summed E-state index contributed by atoms with van der Waals surface area (Å²) in [6.45, 7) is 3.60. The molecule has 3 aromatic carbocycles. The topological polar surface area (TPSA) is 105 Å². The maximum Gasteiger partial charge on any atom is 0.244 e. The predicted octanol–water partition coefficient (Wildman–Crippen LogP) is 3.92. The van der Waals surface area contributed by atoms with Gasteiger partial charge in [0.2, 0.25) is 21.8 Å². The van der Waals surface area contributed by atoms with Crippen LogP contribution in [0.4, 0.5) is 10.1 Å². The maximum atomic E-state index is 14.9. The number of nitrogens with one attached hydrogen (secondary N) is 1. The van der Waals surface area contributed by atoms with Crippen molar-refractivity contribution in [2.45, 2.75) is 45.3 Å². The highest BCUT2D eigenvalue weighted by Gasteiger charge is 2.34. The van der Waals surface area contributed by atoms with Gasteiger partial charge in [0, 0.05) is 30.6 Å². The number of sulfonamides is 1. The molecule has 9 nitrogen and oxygen atoms in total. The summed E-state index contributed by atoms with van der Waals surface area (Å²) in [4.78, 5) is 29.1. The van der Waals surface area contributed by atoms with E-state index in [-0.39, 0.29) is 30.3 Å². The van der Waals surface area contributed by atoms with Gasteiger partial charge in [0.05, 0.1) is 11.9 Å². The first-order valence-corrected chi connectivity index (χ1v) is 15.7. The van der Waals surface area contributed by atoms with Crippen LogP contribution in [0.25, 0.3) is 0 Å². The van der Waals surface area contributed by atoms with Crippen molar-refractivity contribution in [2.24, 2.45) is 0 Å². The molecule has 0 saturated carbocycles. The Labute approximate surface area is 246 Å². The van der Waals surface area contributed by atoms with Crippen molar-refractivity contribution in [3.05, 3.63) is 89.7 Å². The van der Waals surface area contributed by atoms with Crippen molar-refractivity contribution in [2.75, 3.05) is 30.3 Å². The molecule has 1 heterocycles. The first kappa shape index (κ1) is 30.8. The summed E-state index contributed by atoms with van der Waals surface area (Å²) in [7, 11) is -3.97.